The highest BCUT2D eigenvalue weighted by Crippen LogP contribution is 2.20. The Hall–Kier alpha value is -2.45. The molecule has 2 aliphatic rings. The van der Waals surface area contributed by atoms with E-state index in [-0.39, 0.29) is 50.7 Å². The molecule has 40 heavy (non-hydrogen) atoms. The van der Waals surface area contributed by atoms with Crippen LogP contribution in [0.3, 0.4) is 0 Å². The van der Waals surface area contributed by atoms with Crippen LogP contribution in [0.1, 0.15) is 47.1 Å². The van der Waals surface area contributed by atoms with E-state index in [1.807, 2.05) is 26.8 Å². The maximum atomic E-state index is 12.7. The van der Waals surface area contributed by atoms with E-state index in [0.717, 1.165) is 0 Å². The van der Waals surface area contributed by atoms with Crippen LogP contribution in [0.15, 0.2) is 30.3 Å². The summed E-state index contributed by atoms with van der Waals surface area (Å²) in [5.41, 5.74) is -0.396. The monoisotopic (exact) mass is 586 g/mol. The standard InChI is InChI=1S/C17H26N2O5S.C10H20N2O3/c1-17(2,3)24-16(21)18-9-10-19(15(11-18)12-20)25(22,23)13-14-7-5-4-6-8-14;1-10(2,3)15-9(14)12-5-4-11-8(6-12)7-13/h4-8,15,20H,9-13H2,1-3H3;8,11,13H,4-7H2,1-3H3. The average Bonchev–Trinajstić information content (AvgIpc) is 2.87. The normalized spacial score (nSPS) is 20.8. The number of carbonyl (C=O) groups is 2. The van der Waals surface area contributed by atoms with E-state index in [9.17, 15) is 23.1 Å². The Morgan fingerprint density at radius 3 is 1.93 bits per heavy atom. The van der Waals surface area contributed by atoms with E-state index in [0.29, 0.717) is 25.2 Å². The number of aliphatic hydroxyl groups is 2. The van der Waals surface area contributed by atoms with Crippen LogP contribution in [0, 0.1) is 0 Å². The lowest BCUT2D eigenvalue weighted by atomic mass is 10.2. The molecule has 2 fully saturated rings. The Balaban J connectivity index is 0.000000319. The molecule has 13 heteroatoms. The van der Waals surface area contributed by atoms with Gasteiger partial charge in [-0.25, -0.2) is 18.0 Å². The Kier molecular flexibility index (Phi) is 12.2. The van der Waals surface area contributed by atoms with Crippen molar-refractivity contribution in [3.63, 3.8) is 0 Å². The van der Waals surface area contributed by atoms with Crippen LogP contribution >= 0.6 is 0 Å². The van der Waals surface area contributed by atoms with Crippen molar-refractivity contribution < 1.29 is 37.7 Å². The van der Waals surface area contributed by atoms with Gasteiger partial charge in [-0.1, -0.05) is 30.3 Å². The zero-order chi connectivity index (χ0) is 30.1. The number of aliphatic hydroxyl groups excluding tert-OH is 2. The summed E-state index contributed by atoms with van der Waals surface area (Å²) in [5.74, 6) is -0.128. The molecule has 0 bridgehead atoms. The molecule has 0 aliphatic carbocycles. The van der Waals surface area contributed by atoms with Crippen LogP contribution in [0.2, 0.25) is 0 Å². The first-order valence-corrected chi connectivity index (χ1v) is 15.1. The number of hydrogen-bond acceptors (Lipinski definition) is 9. The van der Waals surface area contributed by atoms with Gasteiger partial charge in [0.15, 0.2) is 0 Å². The third-order valence-corrected chi connectivity index (χ3v) is 7.86. The molecule has 2 amide bonds. The first kappa shape index (κ1) is 33.8. The number of ether oxygens (including phenoxy) is 2. The van der Waals surface area contributed by atoms with Crippen LogP contribution in [0.4, 0.5) is 9.59 Å². The highest BCUT2D eigenvalue weighted by molar-refractivity contribution is 7.88. The first-order valence-electron chi connectivity index (χ1n) is 13.5. The van der Waals surface area contributed by atoms with Crippen molar-refractivity contribution in [3.05, 3.63) is 35.9 Å². The summed E-state index contributed by atoms with van der Waals surface area (Å²) in [4.78, 5) is 26.9. The molecule has 228 valence electrons. The second-order valence-corrected chi connectivity index (χ2v) is 13.8. The van der Waals surface area contributed by atoms with Crippen LogP contribution in [0.25, 0.3) is 0 Å². The lowest BCUT2D eigenvalue weighted by molar-refractivity contribution is 0.00870. The van der Waals surface area contributed by atoms with Crippen molar-refractivity contribution in [1.29, 1.82) is 0 Å². The minimum absolute atomic E-state index is 0.0359. The lowest BCUT2D eigenvalue weighted by Crippen LogP contribution is -2.58. The highest BCUT2D eigenvalue weighted by atomic mass is 32.2. The molecule has 2 atom stereocenters. The number of amides is 2. The van der Waals surface area contributed by atoms with Crippen molar-refractivity contribution in [2.24, 2.45) is 0 Å². The van der Waals surface area contributed by atoms with Crippen molar-refractivity contribution >= 4 is 22.2 Å². The number of benzene rings is 1. The zero-order valence-electron chi connectivity index (χ0n) is 24.5. The Bertz CT molecular complexity index is 1060. The topological polar surface area (TPSA) is 149 Å². The number of nitrogens with one attached hydrogen (secondary N) is 1. The summed E-state index contributed by atoms with van der Waals surface area (Å²) in [5, 5.41) is 21.7. The fourth-order valence-corrected chi connectivity index (χ4v) is 5.88. The van der Waals surface area contributed by atoms with E-state index >= 15 is 0 Å². The summed E-state index contributed by atoms with van der Waals surface area (Å²) in [6.07, 6.45) is -0.798. The summed E-state index contributed by atoms with van der Waals surface area (Å²) >= 11 is 0. The van der Waals surface area contributed by atoms with Crippen LogP contribution in [-0.2, 0) is 25.2 Å². The first-order chi connectivity index (χ1) is 18.5. The van der Waals surface area contributed by atoms with Gasteiger partial charge >= 0.3 is 12.2 Å². The Morgan fingerprint density at radius 2 is 1.43 bits per heavy atom. The van der Waals surface area contributed by atoms with E-state index in [1.54, 1.807) is 49.9 Å². The van der Waals surface area contributed by atoms with Gasteiger partial charge in [0.2, 0.25) is 10.0 Å². The number of sulfonamides is 1. The molecule has 2 saturated heterocycles. The van der Waals surface area contributed by atoms with Crippen molar-refractivity contribution in [3.8, 4) is 0 Å². The Morgan fingerprint density at radius 1 is 0.875 bits per heavy atom. The molecule has 12 nitrogen and oxygen atoms in total. The molecule has 1 aromatic rings. The van der Waals surface area contributed by atoms with Crippen LogP contribution in [0.5, 0.6) is 0 Å². The molecule has 0 aromatic heterocycles. The van der Waals surface area contributed by atoms with E-state index in [4.69, 9.17) is 14.6 Å². The SMILES string of the molecule is CC(C)(C)OC(=O)N1CCN(S(=O)(=O)Cc2ccccc2)C(CO)C1.CC(C)(C)OC(=O)N1CCNC(CO)C1. The number of piperazine rings is 2. The number of hydrogen-bond donors (Lipinski definition) is 3. The van der Waals surface area contributed by atoms with Gasteiger partial charge < -0.3 is 34.8 Å². The largest absolute Gasteiger partial charge is 0.444 e. The van der Waals surface area contributed by atoms with Gasteiger partial charge in [-0.05, 0) is 47.1 Å². The fourth-order valence-electron chi connectivity index (χ4n) is 4.15. The molecule has 2 heterocycles. The lowest BCUT2D eigenvalue weighted by Gasteiger charge is -2.40. The molecule has 0 radical (unpaired) electrons. The van der Waals surface area contributed by atoms with Gasteiger partial charge in [0, 0.05) is 45.3 Å². The predicted octanol–water partition coefficient (Wildman–Crippen LogP) is 1.62. The number of carbonyl (C=O) groups excluding carboxylic acids is 2. The highest BCUT2D eigenvalue weighted by Gasteiger charge is 2.37. The molecule has 0 saturated carbocycles. The summed E-state index contributed by atoms with van der Waals surface area (Å²) in [7, 11) is -3.59. The molecular formula is C27H46N4O8S. The molecular weight excluding hydrogens is 540 g/mol. The average molecular weight is 587 g/mol. The molecule has 0 spiro atoms. The number of rotatable bonds is 5. The minimum Gasteiger partial charge on any atom is -0.444 e. The molecule has 2 unspecified atom stereocenters. The van der Waals surface area contributed by atoms with E-state index in [2.05, 4.69) is 5.32 Å². The fraction of sp³-hybridized carbons (Fsp3) is 0.704. The van der Waals surface area contributed by atoms with Crippen molar-refractivity contribution in [2.45, 2.75) is 70.6 Å². The zero-order valence-corrected chi connectivity index (χ0v) is 25.3. The maximum Gasteiger partial charge on any atom is 0.410 e. The second-order valence-electron chi connectivity index (χ2n) is 11.9. The Labute approximate surface area is 238 Å². The van der Waals surface area contributed by atoms with Gasteiger partial charge in [0.1, 0.15) is 11.2 Å². The van der Waals surface area contributed by atoms with Crippen LogP contribution in [-0.4, -0.2) is 121 Å². The van der Waals surface area contributed by atoms with Gasteiger partial charge in [-0.15, -0.1) is 0 Å². The molecule has 2 aliphatic heterocycles. The van der Waals surface area contributed by atoms with Crippen molar-refractivity contribution in [1.82, 2.24) is 19.4 Å². The quantitative estimate of drug-likeness (QED) is 0.468. The van der Waals surface area contributed by atoms with Gasteiger partial charge in [0.05, 0.1) is 25.0 Å². The van der Waals surface area contributed by atoms with Crippen LogP contribution < -0.4 is 5.32 Å². The second kappa shape index (κ2) is 14.4. The van der Waals surface area contributed by atoms with E-state index < -0.39 is 33.4 Å². The minimum atomic E-state index is -3.59. The third-order valence-electron chi connectivity index (χ3n) is 5.97. The number of nitrogens with zero attached hydrogens (tertiary/aromatic N) is 3. The predicted molar refractivity (Wildman–Crippen MR) is 151 cm³/mol. The summed E-state index contributed by atoms with van der Waals surface area (Å²) in [6, 6.07) is 8.20. The summed E-state index contributed by atoms with van der Waals surface area (Å²) < 4.78 is 37.3. The smallest absolute Gasteiger partial charge is 0.410 e. The molecule has 3 rings (SSSR count). The molecule has 1 aromatic carbocycles. The van der Waals surface area contributed by atoms with Gasteiger partial charge in [0.25, 0.3) is 0 Å². The summed E-state index contributed by atoms with van der Waals surface area (Å²) in [6.45, 7) is 12.9. The van der Waals surface area contributed by atoms with Crippen molar-refractivity contribution in [2.75, 3.05) is 52.5 Å². The van der Waals surface area contributed by atoms with Gasteiger partial charge in [-0.2, -0.15) is 4.31 Å². The maximum absolute atomic E-state index is 12.7. The third kappa shape index (κ3) is 11.2. The van der Waals surface area contributed by atoms with E-state index in [1.165, 1.54) is 9.21 Å². The molecule has 3 N–H and O–H groups in total. The van der Waals surface area contributed by atoms with Gasteiger partial charge in [-0.3, -0.25) is 0 Å².